The zero-order valence-electron chi connectivity index (χ0n) is 15.5. The topological polar surface area (TPSA) is 58.2 Å². The van der Waals surface area contributed by atoms with Crippen LogP contribution in [-0.2, 0) is 9.59 Å². The number of carbonyl (C=O) groups excluding carboxylic acids is 2. The molecule has 0 radical (unpaired) electrons. The van der Waals surface area contributed by atoms with Gasteiger partial charge in [0.05, 0.1) is 0 Å². The summed E-state index contributed by atoms with van der Waals surface area (Å²) in [5.74, 6) is -0.430. The van der Waals surface area contributed by atoms with Crippen molar-refractivity contribution in [3.05, 3.63) is 29.3 Å². The summed E-state index contributed by atoms with van der Waals surface area (Å²) in [4.78, 5) is 24.2. The van der Waals surface area contributed by atoms with E-state index < -0.39 is 11.8 Å². The highest BCUT2D eigenvalue weighted by molar-refractivity contribution is 6.39. The maximum atomic E-state index is 12.1. The minimum absolute atomic E-state index is 0.112. The van der Waals surface area contributed by atoms with Gasteiger partial charge in [0, 0.05) is 11.7 Å². The molecule has 1 fully saturated rings. The van der Waals surface area contributed by atoms with E-state index in [0.29, 0.717) is 17.0 Å². The van der Waals surface area contributed by atoms with Gasteiger partial charge in [-0.1, -0.05) is 26.8 Å². The monoisotopic (exact) mass is 330 g/mol. The van der Waals surface area contributed by atoms with Gasteiger partial charge in [0.2, 0.25) is 0 Å². The molecule has 0 heterocycles. The number of amides is 2. The predicted octanol–water partition coefficient (Wildman–Crippen LogP) is 3.96. The molecule has 24 heavy (non-hydrogen) atoms. The van der Waals surface area contributed by atoms with E-state index in [2.05, 4.69) is 31.4 Å². The van der Waals surface area contributed by atoms with Crippen molar-refractivity contribution in [1.29, 1.82) is 0 Å². The molecule has 132 valence electrons. The Bertz CT molecular complexity index is 588. The van der Waals surface area contributed by atoms with E-state index >= 15 is 0 Å². The van der Waals surface area contributed by atoms with Crippen molar-refractivity contribution in [3.8, 4) is 0 Å². The lowest BCUT2D eigenvalue weighted by atomic mass is 9.71. The number of hydrogen-bond acceptors (Lipinski definition) is 2. The van der Waals surface area contributed by atoms with Crippen molar-refractivity contribution in [1.82, 2.24) is 5.32 Å². The smallest absolute Gasteiger partial charge is 0.313 e. The quantitative estimate of drug-likeness (QED) is 0.806. The number of benzene rings is 1. The standard InChI is InChI=1S/C20H30N2O2/c1-13-10-14(2)12-17(11-13)22-19(24)18(23)21-16-8-6-15(7-9-16)20(3,4)5/h10-12,15-16H,6-9H2,1-5H3,(H,21,23)(H,22,24). The Labute approximate surface area is 145 Å². The summed E-state index contributed by atoms with van der Waals surface area (Å²) in [5, 5.41) is 5.58. The molecule has 1 aliphatic carbocycles. The lowest BCUT2D eigenvalue weighted by molar-refractivity contribution is -0.136. The van der Waals surface area contributed by atoms with E-state index in [1.165, 1.54) is 0 Å². The van der Waals surface area contributed by atoms with E-state index in [1.807, 2.05) is 32.0 Å². The van der Waals surface area contributed by atoms with Crippen LogP contribution in [0.3, 0.4) is 0 Å². The number of anilines is 1. The van der Waals surface area contributed by atoms with Crippen LogP contribution in [0.1, 0.15) is 57.6 Å². The van der Waals surface area contributed by atoms with Crippen LogP contribution < -0.4 is 10.6 Å². The van der Waals surface area contributed by atoms with Gasteiger partial charge in [-0.3, -0.25) is 9.59 Å². The number of carbonyl (C=O) groups is 2. The van der Waals surface area contributed by atoms with Gasteiger partial charge in [0.15, 0.2) is 0 Å². The Balaban J connectivity index is 1.85. The van der Waals surface area contributed by atoms with Crippen molar-refractivity contribution in [2.75, 3.05) is 5.32 Å². The number of nitrogens with one attached hydrogen (secondary N) is 2. The Morgan fingerprint density at radius 1 is 0.917 bits per heavy atom. The second kappa shape index (κ2) is 7.37. The normalized spacial score (nSPS) is 21.2. The number of aryl methyl sites for hydroxylation is 2. The molecule has 1 aromatic rings. The summed E-state index contributed by atoms with van der Waals surface area (Å²) in [7, 11) is 0. The Morgan fingerprint density at radius 3 is 1.96 bits per heavy atom. The fraction of sp³-hybridized carbons (Fsp3) is 0.600. The van der Waals surface area contributed by atoms with Crippen LogP contribution in [-0.4, -0.2) is 17.9 Å². The molecule has 0 unspecified atom stereocenters. The predicted molar refractivity (Wildman–Crippen MR) is 97.9 cm³/mol. The SMILES string of the molecule is Cc1cc(C)cc(NC(=O)C(=O)NC2CCC(C(C)(C)C)CC2)c1. The largest absolute Gasteiger partial charge is 0.345 e. The zero-order chi connectivity index (χ0) is 17.9. The first-order chi connectivity index (χ1) is 11.1. The van der Waals surface area contributed by atoms with Crippen LogP contribution in [0.5, 0.6) is 0 Å². The number of hydrogen-bond donors (Lipinski definition) is 2. The van der Waals surface area contributed by atoms with E-state index in [9.17, 15) is 9.59 Å². The molecule has 0 aromatic heterocycles. The van der Waals surface area contributed by atoms with Crippen molar-refractivity contribution in [3.63, 3.8) is 0 Å². The van der Waals surface area contributed by atoms with E-state index in [0.717, 1.165) is 36.8 Å². The molecule has 2 amide bonds. The van der Waals surface area contributed by atoms with Gasteiger partial charge < -0.3 is 10.6 Å². The minimum Gasteiger partial charge on any atom is -0.345 e. The van der Waals surface area contributed by atoms with E-state index in [1.54, 1.807) is 0 Å². The summed E-state index contributed by atoms with van der Waals surface area (Å²) in [6.45, 7) is 10.8. The van der Waals surface area contributed by atoms with Gasteiger partial charge in [0.1, 0.15) is 0 Å². The maximum Gasteiger partial charge on any atom is 0.313 e. The molecule has 2 N–H and O–H groups in total. The Morgan fingerprint density at radius 2 is 1.46 bits per heavy atom. The van der Waals surface area contributed by atoms with Crippen molar-refractivity contribution >= 4 is 17.5 Å². The first kappa shape index (κ1) is 18.5. The fourth-order valence-electron chi connectivity index (χ4n) is 3.59. The van der Waals surface area contributed by atoms with Gasteiger partial charge >= 0.3 is 11.8 Å². The summed E-state index contributed by atoms with van der Waals surface area (Å²) < 4.78 is 0. The molecular weight excluding hydrogens is 300 g/mol. The summed E-state index contributed by atoms with van der Waals surface area (Å²) in [6.07, 6.45) is 4.11. The van der Waals surface area contributed by atoms with Crippen molar-refractivity contribution < 1.29 is 9.59 Å². The molecule has 4 heteroatoms. The molecule has 1 aliphatic rings. The highest BCUT2D eigenvalue weighted by atomic mass is 16.2. The Hall–Kier alpha value is -1.84. The maximum absolute atomic E-state index is 12.1. The van der Waals surface area contributed by atoms with Crippen LogP contribution in [0, 0.1) is 25.2 Å². The third kappa shape index (κ3) is 5.08. The average Bonchev–Trinajstić information content (AvgIpc) is 2.45. The second-order valence-corrected chi connectivity index (χ2v) is 8.22. The molecule has 0 saturated heterocycles. The molecule has 4 nitrogen and oxygen atoms in total. The molecule has 1 saturated carbocycles. The lowest BCUT2D eigenvalue weighted by Gasteiger charge is -2.37. The molecule has 0 aliphatic heterocycles. The fourth-order valence-corrected chi connectivity index (χ4v) is 3.59. The molecule has 2 rings (SSSR count). The molecular formula is C20H30N2O2. The van der Waals surface area contributed by atoms with Gasteiger partial charge in [-0.15, -0.1) is 0 Å². The van der Waals surface area contributed by atoms with Crippen LogP contribution >= 0.6 is 0 Å². The second-order valence-electron chi connectivity index (χ2n) is 8.22. The third-order valence-corrected chi connectivity index (χ3v) is 4.97. The highest BCUT2D eigenvalue weighted by Crippen LogP contribution is 2.37. The third-order valence-electron chi connectivity index (χ3n) is 4.97. The first-order valence-corrected chi connectivity index (χ1v) is 8.85. The van der Waals surface area contributed by atoms with Gasteiger partial charge in [-0.2, -0.15) is 0 Å². The summed E-state index contributed by atoms with van der Waals surface area (Å²) in [5.41, 5.74) is 3.11. The zero-order valence-corrected chi connectivity index (χ0v) is 15.5. The molecule has 0 bridgehead atoms. The van der Waals surface area contributed by atoms with Crippen LogP contribution in [0.25, 0.3) is 0 Å². The van der Waals surface area contributed by atoms with Gasteiger partial charge in [-0.05, 0) is 74.1 Å². The molecule has 0 atom stereocenters. The molecule has 1 aromatic carbocycles. The summed E-state index contributed by atoms with van der Waals surface area (Å²) in [6, 6.07) is 5.88. The Kier molecular flexibility index (Phi) is 5.68. The van der Waals surface area contributed by atoms with Gasteiger partial charge in [-0.25, -0.2) is 0 Å². The minimum atomic E-state index is -0.585. The van der Waals surface area contributed by atoms with Gasteiger partial charge in [0.25, 0.3) is 0 Å². The first-order valence-electron chi connectivity index (χ1n) is 8.85. The van der Waals surface area contributed by atoms with Crippen LogP contribution in [0.2, 0.25) is 0 Å². The summed E-state index contributed by atoms with van der Waals surface area (Å²) >= 11 is 0. The van der Waals surface area contributed by atoms with Crippen molar-refractivity contribution in [2.45, 2.75) is 66.3 Å². The average molecular weight is 330 g/mol. The van der Waals surface area contributed by atoms with E-state index in [4.69, 9.17) is 0 Å². The van der Waals surface area contributed by atoms with Crippen LogP contribution in [0.4, 0.5) is 5.69 Å². The number of rotatable bonds is 2. The molecule has 0 spiro atoms. The lowest BCUT2D eigenvalue weighted by Crippen LogP contribution is -2.44. The van der Waals surface area contributed by atoms with Crippen LogP contribution in [0.15, 0.2) is 18.2 Å². The highest BCUT2D eigenvalue weighted by Gasteiger charge is 2.30. The van der Waals surface area contributed by atoms with E-state index in [-0.39, 0.29) is 6.04 Å². The van der Waals surface area contributed by atoms with Crippen molar-refractivity contribution in [2.24, 2.45) is 11.3 Å².